The Kier molecular flexibility index (Phi) is 6.80. The van der Waals surface area contributed by atoms with Crippen LogP contribution in [0.4, 0.5) is 5.69 Å². The first-order valence-corrected chi connectivity index (χ1v) is 11.6. The largest absolute Gasteiger partial charge is 0.612 e. The van der Waals surface area contributed by atoms with E-state index in [1.165, 1.54) is 18.0 Å². The predicted molar refractivity (Wildman–Crippen MR) is 125 cm³/mol. The van der Waals surface area contributed by atoms with Crippen molar-refractivity contribution < 1.29 is 24.0 Å². The van der Waals surface area contributed by atoms with Crippen molar-refractivity contribution in [3.05, 3.63) is 58.9 Å². The van der Waals surface area contributed by atoms with Gasteiger partial charge in [0.1, 0.15) is 6.26 Å². The second kappa shape index (κ2) is 9.24. The molecular weight excluding hydrogens is 444 g/mol. The second-order valence-electron chi connectivity index (χ2n) is 8.57. The number of aromatic nitrogens is 3. The van der Waals surface area contributed by atoms with E-state index in [0.29, 0.717) is 27.6 Å². The van der Waals surface area contributed by atoms with Crippen LogP contribution in [0.15, 0.2) is 41.4 Å². The fraction of sp³-hybridized carbons (Fsp3) is 0.304. The van der Waals surface area contributed by atoms with E-state index in [1.54, 1.807) is 24.5 Å². The van der Waals surface area contributed by atoms with Gasteiger partial charge in [-0.3, -0.25) is 4.79 Å². The van der Waals surface area contributed by atoms with Crippen LogP contribution in [-0.4, -0.2) is 49.9 Å². The summed E-state index contributed by atoms with van der Waals surface area (Å²) in [6.07, 6.45) is 2.84. The van der Waals surface area contributed by atoms with Crippen molar-refractivity contribution >= 4 is 28.7 Å². The minimum atomic E-state index is -1.33. The molecule has 174 valence electrons. The third kappa shape index (κ3) is 5.18. The molecule has 3 aromatic rings. The average Bonchev–Trinajstić information content (AvgIpc) is 3.23. The summed E-state index contributed by atoms with van der Waals surface area (Å²) < 4.78 is 19.2. The number of aromatic carboxylic acids is 1. The normalized spacial score (nSPS) is 12.3. The van der Waals surface area contributed by atoms with Gasteiger partial charge in [-0.05, 0) is 52.8 Å². The highest BCUT2D eigenvalue weighted by Gasteiger charge is 2.25. The monoisotopic (exact) mass is 470 g/mol. The molecule has 0 saturated heterocycles. The standard InChI is InChI=1S/C23H26N4O5S/c1-13-7-8-14(9-18(13)27-12-17(22(29)30)25-26-27)21(28)24-16-10-15(23(2,3)4)11-19(33(6)31)20(16)32-5/h7-12H,1-6H3,(H,24,28)(H,29,30). The van der Waals surface area contributed by atoms with Crippen LogP contribution in [0, 0.1) is 6.92 Å². The number of nitrogens with zero attached hydrogens (tertiary/aromatic N) is 3. The molecule has 0 fully saturated rings. The van der Waals surface area contributed by atoms with Crippen molar-refractivity contribution in [3.8, 4) is 11.4 Å². The maximum Gasteiger partial charge on any atom is 0.358 e. The van der Waals surface area contributed by atoms with Gasteiger partial charge in [0.2, 0.25) is 0 Å². The van der Waals surface area contributed by atoms with Gasteiger partial charge in [-0.1, -0.05) is 32.1 Å². The third-order valence-corrected chi connectivity index (χ3v) is 6.04. The molecule has 0 aliphatic rings. The lowest BCUT2D eigenvalue weighted by molar-refractivity contribution is 0.0690. The van der Waals surface area contributed by atoms with E-state index in [9.17, 15) is 14.1 Å². The minimum absolute atomic E-state index is 0.201. The van der Waals surface area contributed by atoms with Crippen LogP contribution in [0.1, 0.15) is 52.7 Å². The predicted octanol–water partition coefficient (Wildman–Crippen LogP) is 3.57. The molecule has 2 aromatic carbocycles. The first kappa shape index (κ1) is 24.3. The first-order chi connectivity index (χ1) is 15.4. The van der Waals surface area contributed by atoms with Crippen LogP contribution in [0.3, 0.4) is 0 Å². The molecule has 1 amide bonds. The van der Waals surface area contributed by atoms with E-state index in [-0.39, 0.29) is 11.1 Å². The number of carbonyl (C=O) groups excluding carboxylic acids is 1. The number of methoxy groups -OCH3 is 1. The SMILES string of the molecule is COc1c(NC(=O)c2ccc(C)c(-n3cc(C(=O)O)nn3)c2)cc(C(C)(C)C)cc1[S+](C)[O-]. The van der Waals surface area contributed by atoms with Crippen LogP contribution in [0.5, 0.6) is 5.75 Å². The molecule has 0 aliphatic heterocycles. The Labute approximate surface area is 195 Å². The topological polar surface area (TPSA) is 129 Å². The van der Waals surface area contributed by atoms with Crippen molar-refractivity contribution in [2.24, 2.45) is 0 Å². The molecule has 1 atom stereocenters. The Morgan fingerprint density at radius 1 is 1.21 bits per heavy atom. The fourth-order valence-corrected chi connectivity index (χ4v) is 3.97. The summed E-state index contributed by atoms with van der Waals surface area (Å²) in [5, 5.41) is 19.4. The fourth-order valence-electron chi connectivity index (χ4n) is 3.22. The van der Waals surface area contributed by atoms with Gasteiger partial charge in [0, 0.05) is 11.6 Å². The zero-order chi connectivity index (χ0) is 24.5. The zero-order valence-corrected chi connectivity index (χ0v) is 20.1. The van der Waals surface area contributed by atoms with Gasteiger partial charge in [0.15, 0.2) is 16.3 Å². The summed E-state index contributed by atoms with van der Waals surface area (Å²) in [6, 6.07) is 8.64. The molecule has 1 aromatic heterocycles. The number of carbonyl (C=O) groups is 2. The highest BCUT2D eigenvalue weighted by Crippen LogP contribution is 2.38. The Morgan fingerprint density at radius 2 is 1.91 bits per heavy atom. The summed E-state index contributed by atoms with van der Waals surface area (Å²) in [5.41, 5.74) is 2.50. The first-order valence-electron chi connectivity index (χ1n) is 10.1. The summed E-state index contributed by atoms with van der Waals surface area (Å²) in [5.74, 6) is -1.26. The maximum atomic E-state index is 13.2. The molecule has 9 nitrogen and oxygen atoms in total. The number of ether oxygens (including phenoxy) is 1. The van der Waals surface area contributed by atoms with Gasteiger partial charge in [-0.15, -0.1) is 5.10 Å². The van der Waals surface area contributed by atoms with E-state index in [0.717, 1.165) is 11.1 Å². The molecule has 0 spiro atoms. The lowest BCUT2D eigenvalue weighted by Gasteiger charge is -2.23. The van der Waals surface area contributed by atoms with Gasteiger partial charge >= 0.3 is 5.97 Å². The molecule has 3 rings (SSSR count). The molecule has 0 radical (unpaired) electrons. The van der Waals surface area contributed by atoms with Gasteiger partial charge < -0.3 is 19.7 Å². The van der Waals surface area contributed by atoms with E-state index >= 15 is 0 Å². The lowest BCUT2D eigenvalue weighted by atomic mass is 9.86. The van der Waals surface area contributed by atoms with E-state index in [1.807, 2.05) is 39.8 Å². The van der Waals surface area contributed by atoms with Gasteiger partial charge in [0.25, 0.3) is 5.91 Å². The minimum Gasteiger partial charge on any atom is -0.612 e. The number of nitrogens with one attached hydrogen (secondary N) is 1. The lowest BCUT2D eigenvalue weighted by Crippen LogP contribution is -2.18. The second-order valence-corrected chi connectivity index (χ2v) is 9.92. The van der Waals surface area contributed by atoms with Gasteiger partial charge in [-0.2, -0.15) is 0 Å². The van der Waals surface area contributed by atoms with E-state index in [2.05, 4.69) is 15.6 Å². The van der Waals surface area contributed by atoms with Crippen molar-refractivity contribution in [1.82, 2.24) is 15.0 Å². The van der Waals surface area contributed by atoms with Crippen molar-refractivity contribution in [3.63, 3.8) is 0 Å². The number of rotatable bonds is 6. The average molecular weight is 471 g/mol. The zero-order valence-electron chi connectivity index (χ0n) is 19.3. The van der Waals surface area contributed by atoms with Crippen LogP contribution < -0.4 is 10.1 Å². The summed E-state index contributed by atoms with van der Waals surface area (Å²) >= 11 is -1.33. The van der Waals surface area contributed by atoms with Crippen molar-refractivity contribution in [2.75, 3.05) is 18.7 Å². The van der Waals surface area contributed by atoms with Crippen molar-refractivity contribution in [2.45, 2.75) is 38.0 Å². The third-order valence-electron chi connectivity index (χ3n) is 5.11. The Hall–Kier alpha value is -3.37. The molecule has 0 aliphatic carbocycles. The number of hydrogen-bond donors (Lipinski definition) is 2. The van der Waals surface area contributed by atoms with E-state index < -0.39 is 23.1 Å². The Morgan fingerprint density at radius 3 is 2.45 bits per heavy atom. The molecule has 0 bridgehead atoms. The molecular formula is C23H26N4O5S. The summed E-state index contributed by atoms with van der Waals surface area (Å²) in [6.45, 7) is 7.90. The Bertz CT molecular complexity index is 1210. The number of aryl methyl sites for hydroxylation is 1. The molecule has 33 heavy (non-hydrogen) atoms. The highest BCUT2D eigenvalue weighted by atomic mass is 32.2. The number of carboxylic acid groups (broad SMARTS) is 1. The maximum absolute atomic E-state index is 13.2. The number of hydrogen-bond acceptors (Lipinski definition) is 6. The molecule has 1 unspecified atom stereocenters. The smallest absolute Gasteiger partial charge is 0.358 e. The van der Waals surface area contributed by atoms with Crippen molar-refractivity contribution in [1.29, 1.82) is 0 Å². The molecule has 10 heteroatoms. The summed E-state index contributed by atoms with van der Waals surface area (Å²) in [4.78, 5) is 24.8. The number of carboxylic acids is 1. The quantitative estimate of drug-likeness (QED) is 0.527. The molecule has 0 saturated carbocycles. The highest BCUT2D eigenvalue weighted by molar-refractivity contribution is 7.90. The Balaban J connectivity index is 2.02. The molecule has 1 heterocycles. The van der Waals surface area contributed by atoms with Crippen LogP contribution in [-0.2, 0) is 16.6 Å². The van der Waals surface area contributed by atoms with Crippen LogP contribution in [0.25, 0.3) is 5.69 Å². The number of anilines is 1. The number of benzene rings is 2. The van der Waals surface area contributed by atoms with Gasteiger partial charge in [0.05, 0.1) is 24.7 Å². The van der Waals surface area contributed by atoms with Crippen LogP contribution >= 0.6 is 0 Å². The van der Waals surface area contributed by atoms with E-state index in [4.69, 9.17) is 9.84 Å². The van der Waals surface area contributed by atoms with Gasteiger partial charge in [-0.25, -0.2) is 9.48 Å². The number of amides is 1. The summed E-state index contributed by atoms with van der Waals surface area (Å²) in [7, 11) is 1.47. The molecule has 2 N–H and O–H groups in total. The van der Waals surface area contributed by atoms with Crippen LogP contribution in [0.2, 0.25) is 0 Å².